The van der Waals surface area contributed by atoms with Gasteiger partial charge in [0.15, 0.2) is 5.82 Å². The van der Waals surface area contributed by atoms with Gasteiger partial charge in [0, 0.05) is 31.4 Å². The largest absolute Gasteiger partial charge is 0.460 e. The van der Waals surface area contributed by atoms with Crippen molar-refractivity contribution in [3.8, 4) is 0 Å². The second-order valence-electron chi connectivity index (χ2n) is 8.01. The number of para-hydroxylation sites is 1. The van der Waals surface area contributed by atoms with Crippen molar-refractivity contribution in [2.45, 2.75) is 39.4 Å². The van der Waals surface area contributed by atoms with Gasteiger partial charge in [0.2, 0.25) is 10.0 Å². The molecule has 0 saturated heterocycles. The van der Waals surface area contributed by atoms with Crippen LogP contribution in [0.2, 0.25) is 0 Å². The summed E-state index contributed by atoms with van der Waals surface area (Å²) in [6.07, 6.45) is 1.94. The van der Waals surface area contributed by atoms with Crippen molar-refractivity contribution in [3.63, 3.8) is 0 Å². The molecule has 29 heavy (non-hydrogen) atoms. The summed E-state index contributed by atoms with van der Waals surface area (Å²) in [6, 6.07) is 9.72. The Bertz CT molecular complexity index is 1070. The lowest BCUT2D eigenvalue weighted by molar-refractivity contribution is 0.249. The predicted molar refractivity (Wildman–Crippen MR) is 111 cm³/mol. The summed E-state index contributed by atoms with van der Waals surface area (Å²) in [7, 11) is -3.35. The number of nitrogens with zero attached hydrogens (tertiary/aromatic N) is 4. The summed E-state index contributed by atoms with van der Waals surface area (Å²) in [5, 5.41) is 9.80. The van der Waals surface area contributed by atoms with Crippen LogP contribution in [-0.2, 0) is 29.5 Å². The molecule has 0 bridgehead atoms. The van der Waals surface area contributed by atoms with Gasteiger partial charge in [-0.3, -0.25) is 4.90 Å². The van der Waals surface area contributed by atoms with Crippen LogP contribution in [0.25, 0.3) is 11.0 Å². The maximum atomic E-state index is 11.8. The molecule has 0 radical (unpaired) electrons. The smallest absolute Gasteiger partial charge is 0.209 e. The molecular weight excluding hydrogens is 390 g/mol. The van der Waals surface area contributed by atoms with Crippen LogP contribution in [-0.4, -0.2) is 47.4 Å². The summed E-state index contributed by atoms with van der Waals surface area (Å²) in [5.74, 6) is 2.59. The third-order valence-corrected chi connectivity index (χ3v) is 5.97. The van der Waals surface area contributed by atoms with Gasteiger partial charge in [-0.1, -0.05) is 32.0 Å². The zero-order valence-corrected chi connectivity index (χ0v) is 17.8. The fourth-order valence-electron chi connectivity index (χ4n) is 3.83. The van der Waals surface area contributed by atoms with Gasteiger partial charge in [-0.25, -0.2) is 13.1 Å². The molecule has 1 aliphatic rings. The lowest BCUT2D eigenvalue weighted by atomic mass is 10.1. The number of hydrogen-bond acceptors (Lipinski definition) is 6. The van der Waals surface area contributed by atoms with Crippen LogP contribution in [0.1, 0.15) is 37.3 Å². The van der Waals surface area contributed by atoms with Crippen LogP contribution in [0, 0.1) is 5.92 Å². The molecule has 1 unspecified atom stereocenters. The molecule has 0 spiro atoms. The Hall–Kier alpha value is -2.23. The maximum Gasteiger partial charge on any atom is 0.209 e. The summed E-state index contributed by atoms with van der Waals surface area (Å²) < 4.78 is 34.4. The van der Waals surface area contributed by atoms with E-state index in [2.05, 4.69) is 36.5 Å². The van der Waals surface area contributed by atoms with Gasteiger partial charge in [0.25, 0.3) is 0 Å². The second-order valence-corrected chi connectivity index (χ2v) is 9.79. The average Bonchev–Trinajstić information content (AvgIpc) is 3.18. The lowest BCUT2D eigenvalue weighted by Gasteiger charge is -2.22. The minimum atomic E-state index is -3.35. The zero-order valence-electron chi connectivity index (χ0n) is 17.0. The number of sulfonamides is 1. The molecule has 1 aliphatic heterocycles. The van der Waals surface area contributed by atoms with Crippen LogP contribution >= 0.6 is 0 Å². The molecule has 0 fully saturated rings. The molecule has 9 heteroatoms. The Morgan fingerprint density at radius 3 is 2.69 bits per heavy atom. The zero-order chi connectivity index (χ0) is 20.6. The highest BCUT2D eigenvalue weighted by molar-refractivity contribution is 7.88. The first-order chi connectivity index (χ1) is 13.8. The van der Waals surface area contributed by atoms with E-state index in [1.807, 2.05) is 32.0 Å². The fraction of sp³-hybridized carbons (Fsp3) is 0.500. The Balaban J connectivity index is 1.50. The Morgan fingerprint density at radius 1 is 1.17 bits per heavy atom. The monoisotopic (exact) mass is 417 g/mol. The quantitative estimate of drug-likeness (QED) is 0.662. The molecule has 1 atom stereocenters. The van der Waals surface area contributed by atoms with Gasteiger partial charge in [-0.05, 0) is 18.1 Å². The molecule has 1 aromatic carbocycles. The number of benzene rings is 1. The molecule has 8 nitrogen and oxygen atoms in total. The van der Waals surface area contributed by atoms with E-state index in [1.54, 1.807) is 0 Å². The van der Waals surface area contributed by atoms with E-state index in [-0.39, 0.29) is 5.92 Å². The minimum Gasteiger partial charge on any atom is -0.460 e. The Labute approximate surface area is 171 Å². The topological polar surface area (TPSA) is 93.3 Å². The van der Waals surface area contributed by atoms with Crippen molar-refractivity contribution >= 4 is 21.0 Å². The average molecular weight is 418 g/mol. The highest BCUT2D eigenvalue weighted by atomic mass is 32.2. The highest BCUT2D eigenvalue weighted by Gasteiger charge is 2.28. The normalized spacial score (nSPS) is 16.8. The van der Waals surface area contributed by atoms with Crippen LogP contribution < -0.4 is 4.72 Å². The number of rotatable bonds is 6. The van der Waals surface area contributed by atoms with Crippen molar-refractivity contribution in [1.82, 2.24) is 24.4 Å². The molecular formula is C20H27N5O3S. The van der Waals surface area contributed by atoms with E-state index < -0.39 is 16.1 Å². The first-order valence-electron chi connectivity index (χ1n) is 9.89. The summed E-state index contributed by atoms with van der Waals surface area (Å²) in [6.45, 7) is 7.08. The van der Waals surface area contributed by atoms with Crippen LogP contribution in [0.15, 0.2) is 34.7 Å². The number of hydrogen-bond donors (Lipinski definition) is 1. The van der Waals surface area contributed by atoms with Gasteiger partial charge in [0.05, 0.1) is 18.8 Å². The van der Waals surface area contributed by atoms with E-state index in [4.69, 9.17) is 4.42 Å². The number of furan rings is 1. The molecule has 2 aromatic heterocycles. The van der Waals surface area contributed by atoms with Crippen molar-refractivity contribution in [2.24, 2.45) is 5.92 Å². The van der Waals surface area contributed by atoms with Crippen LogP contribution in [0.5, 0.6) is 0 Å². The highest BCUT2D eigenvalue weighted by Crippen LogP contribution is 2.24. The summed E-state index contributed by atoms with van der Waals surface area (Å²) in [5.41, 5.74) is 0.906. The van der Waals surface area contributed by atoms with Crippen molar-refractivity contribution in [2.75, 3.05) is 19.3 Å². The standard InChI is InChI=1S/C20H27N5O3S/c1-14(2)19(23-29(3,26)27)20-22-21-18-8-9-24(10-11-25(18)20)13-16-12-15-6-4-5-7-17(15)28-16/h4-7,12,14,19,23H,8-11,13H2,1-3H3. The van der Waals surface area contributed by atoms with Crippen molar-refractivity contribution in [3.05, 3.63) is 47.7 Å². The van der Waals surface area contributed by atoms with Crippen LogP contribution in [0.4, 0.5) is 0 Å². The van der Waals surface area contributed by atoms with Gasteiger partial charge in [-0.15, -0.1) is 10.2 Å². The maximum absolute atomic E-state index is 11.8. The first kappa shape index (κ1) is 20.1. The summed E-state index contributed by atoms with van der Waals surface area (Å²) in [4.78, 5) is 2.34. The molecule has 1 N–H and O–H groups in total. The van der Waals surface area contributed by atoms with E-state index in [1.165, 1.54) is 6.26 Å². The fourth-order valence-corrected chi connectivity index (χ4v) is 4.67. The van der Waals surface area contributed by atoms with Gasteiger partial charge in [0.1, 0.15) is 17.2 Å². The van der Waals surface area contributed by atoms with Crippen LogP contribution in [0.3, 0.4) is 0 Å². The molecule has 4 rings (SSSR count). The molecule has 0 saturated carbocycles. The predicted octanol–water partition coefficient (Wildman–Crippen LogP) is 2.33. The third kappa shape index (κ3) is 4.52. The number of aromatic nitrogens is 3. The molecule has 3 aromatic rings. The van der Waals surface area contributed by atoms with Gasteiger partial charge >= 0.3 is 0 Å². The lowest BCUT2D eigenvalue weighted by Crippen LogP contribution is -2.33. The first-order valence-corrected chi connectivity index (χ1v) is 11.8. The molecule has 0 amide bonds. The molecule has 156 valence electrons. The molecule has 0 aliphatic carbocycles. The number of nitrogens with one attached hydrogen (secondary N) is 1. The Morgan fingerprint density at radius 2 is 1.97 bits per heavy atom. The minimum absolute atomic E-state index is 0.0629. The third-order valence-electron chi connectivity index (χ3n) is 5.29. The van der Waals surface area contributed by atoms with E-state index in [0.29, 0.717) is 12.4 Å². The van der Waals surface area contributed by atoms with Gasteiger partial charge < -0.3 is 8.98 Å². The SMILES string of the molecule is CC(C)C(NS(C)(=O)=O)c1nnc2n1CCN(Cc1cc3ccccc3o1)CC2. The van der Waals surface area contributed by atoms with E-state index >= 15 is 0 Å². The van der Waals surface area contributed by atoms with Gasteiger partial charge in [-0.2, -0.15) is 0 Å². The second kappa shape index (κ2) is 7.89. The van der Waals surface area contributed by atoms with E-state index in [9.17, 15) is 8.42 Å². The Kier molecular flexibility index (Phi) is 5.46. The molecule has 3 heterocycles. The van der Waals surface area contributed by atoms with Crippen molar-refractivity contribution in [1.29, 1.82) is 0 Å². The summed E-state index contributed by atoms with van der Waals surface area (Å²) >= 11 is 0. The number of fused-ring (bicyclic) bond motifs is 2. The van der Waals surface area contributed by atoms with Crippen molar-refractivity contribution < 1.29 is 12.8 Å². The van der Waals surface area contributed by atoms with E-state index in [0.717, 1.165) is 48.6 Å².